The molecule has 5 nitrogen and oxygen atoms in total. The second kappa shape index (κ2) is 7.96. The average Bonchev–Trinajstić information content (AvgIpc) is 2.89. The molecule has 0 fully saturated rings. The lowest BCUT2D eigenvalue weighted by Gasteiger charge is -2.02. The van der Waals surface area contributed by atoms with E-state index in [9.17, 15) is 0 Å². The Bertz CT molecular complexity index is 739. The number of benzene rings is 1. The van der Waals surface area contributed by atoms with Crippen molar-refractivity contribution >= 4 is 34.4 Å². The fourth-order valence-electron chi connectivity index (χ4n) is 2.10. The van der Waals surface area contributed by atoms with Gasteiger partial charge in [0.05, 0.1) is 18.7 Å². The highest BCUT2D eigenvalue weighted by molar-refractivity contribution is 7.80. The molecule has 0 bridgehead atoms. The predicted octanol–water partition coefficient (Wildman–Crippen LogP) is 2.54. The van der Waals surface area contributed by atoms with Gasteiger partial charge in [0.15, 0.2) is 5.11 Å². The molecule has 1 heterocycles. The van der Waals surface area contributed by atoms with Gasteiger partial charge in [-0.3, -0.25) is 5.43 Å². The smallest absolute Gasteiger partial charge is 0.187 e. The van der Waals surface area contributed by atoms with E-state index in [0.717, 1.165) is 16.5 Å². The summed E-state index contributed by atoms with van der Waals surface area (Å²) in [5.74, 6) is 0. The predicted molar refractivity (Wildman–Crippen MR) is 93.7 cm³/mol. The lowest BCUT2D eigenvalue weighted by molar-refractivity contribution is 0.744. The molecule has 0 saturated heterocycles. The first-order valence-corrected chi connectivity index (χ1v) is 7.29. The van der Waals surface area contributed by atoms with Crippen LogP contribution in [-0.2, 0) is 6.54 Å². The first-order chi connectivity index (χ1) is 10.8. The monoisotopic (exact) mass is 311 g/mol. The van der Waals surface area contributed by atoms with E-state index in [1.165, 1.54) is 0 Å². The summed E-state index contributed by atoms with van der Waals surface area (Å²) in [7, 11) is 0. The molecular weight excluding hydrogens is 294 g/mol. The van der Waals surface area contributed by atoms with E-state index >= 15 is 0 Å². The van der Waals surface area contributed by atoms with Gasteiger partial charge in [-0.1, -0.05) is 24.3 Å². The number of aryl methyl sites for hydroxylation is 1. The summed E-state index contributed by atoms with van der Waals surface area (Å²) in [6, 6.07) is 10.2. The molecule has 0 saturated carbocycles. The number of nitrogens with zero attached hydrogens (tertiary/aromatic N) is 3. The maximum absolute atomic E-state index is 8.75. The number of nitrogens with one attached hydrogen (secondary N) is 2. The highest BCUT2D eigenvalue weighted by atomic mass is 32.1. The third kappa shape index (κ3) is 3.93. The SMILES string of the molecule is C=CCNC(=S)N/N=C\c1cn(CCC#N)c2ccccc12. The fraction of sp³-hybridized carbons (Fsp3) is 0.188. The lowest BCUT2D eigenvalue weighted by Crippen LogP contribution is -2.31. The molecule has 0 aliphatic heterocycles. The number of thiocarbonyl (C=S) groups is 1. The van der Waals surface area contributed by atoms with Crippen molar-refractivity contribution in [3.63, 3.8) is 0 Å². The average molecular weight is 311 g/mol. The molecule has 0 spiro atoms. The van der Waals surface area contributed by atoms with Gasteiger partial charge in [0.2, 0.25) is 0 Å². The van der Waals surface area contributed by atoms with Gasteiger partial charge in [-0.25, -0.2) is 0 Å². The van der Waals surface area contributed by atoms with E-state index < -0.39 is 0 Å². The van der Waals surface area contributed by atoms with Crippen LogP contribution in [0.15, 0.2) is 48.2 Å². The largest absolute Gasteiger partial charge is 0.358 e. The van der Waals surface area contributed by atoms with Gasteiger partial charge in [-0.05, 0) is 18.3 Å². The molecule has 112 valence electrons. The molecule has 0 atom stereocenters. The molecule has 2 N–H and O–H groups in total. The van der Waals surface area contributed by atoms with Gasteiger partial charge in [-0.15, -0.1) is 6.58 Å². The molecule has 2 aromatic rings. The Labute approximate surface area is 134 Å². The normalized spacial score (nSPS) is 10.5. The Kier molecular flexibility index (Phi) is 5.69. The minimum Gasteiger partial charge on any atom is -0.358 e. The second-order valence-corrected chi connectivity index (χ2v) is 4.98. The highest BCUT2D eigenvalue weighted by Gasteiger charge is 2.06. The molecule has 0 unspecified atom stereocenters. The Morgan fingerprint density at radius 2 is 2.27 bits per heavy atom. The van der Waals surface area contributed by atoms with Crippen LogP contribution in [0.25, 0.3) is 10.9 Å². The van der Waals surface area contributed by atoms with Crippen molar-refractivity contribution < 1.29 is 0 Å². The zero-order chi connectivity index (χ0) is 15.8. The number of aromatic nitrogens is 1. The maximum atomic E-state index is 8.75. The van der Waals surface area contributed by atoms with Crippen molar-refractivity contribution in [2.45, 2.75) is 13.0 Å². The molecule has 0 amide bonds. The van der Waals surface area contributed by atoms with Crippen LogP contribution in [0.5, 0.6) is 0 Å². The van der Waals surface area contributed by atoms with Crippen LogP contribution in [0.4, 0.5) is 0 Å². The number of rotatable bonds is 6. The lowest BCUT2D eigenvalue weighted by atomic mass is 10.2. The molecule has 6 heteroatoms. The van der Waals surface area contributed by atoms with Gasteiger partial charge in [0, 0.05) is 35.8 Å². The number of para-hydroxylation sites is 1. The van der Waals surface area contributed by atoms with Crippen LogP contribution in [-0.4, -0.2) is 22.4 Å². The fourth-order valence-corrected chi connectivity index (χ4v) is 2.23. The molecule has 1 aromatic carbocycles. The van der Waals surface area contributed by atoms with E-state index in [1.807, 2.05) is 30.5 Å². The Morgan fingerprint density at radius 1 is 1.45 bits per heavy atom. The summed E-state index contributed by atoms with van der Waals surface area (Å²) in [6.07, 6.45) is 5.92. The van der Waals surface area contributed by atoms with E-state index in [0.29, 0.717) is 24.6 Å². The third-order valence-corrected chi connectivity index (χ3v) is 3.30. The van der Waals surface area contributed by atoms with Crippen LogP contribution >= 0.6 is 12.2 Å². The van der Waals surface area contributed by atoms with Crippen molar-refractivity contribution in [1.82, 2.24) is 15.3 Å². The summed E-state index contributed by atoms with van der Waals surface area (Å²) >= 11 is 5.07. The number of fused-ring (bicyclic) bond motifs is 1. The van der Waals surface area contributed by atoms with E-state index in [1.54, 1.807) is 12.3 Å². The van der Waals surface area contributed by atoms with E-state index in [2.05, 4.69) is 33.1 Å². The van der Waals surface area contributed by atoms with Crippen LogP contribution in [0.1, 0.15) is 12.0 Å². The molecule has 1 aromatic heterocycles. The van der Waals surface area contributed by atoms with E-state index in [4.69, 9.17) is 17.5 Å². The first-order valence-electron chi connectivity index (χ1n) is 6.89. The zero-order valence-corrected chi connectivity index (χ0v) is 12.9. The van der Waals surface area contributed by atoms with Gasteiger partial charge in [0.1, 0.15) is 0 Å². The maximum Gasteiger partial charge on any atom is 0.187 e. The summed E-state index contributed by atoms with van der Waals surface area (Å²) in [4.78, 5) is 0. The van der Waals surface area contributed by atoms with Crippen molar-refractivity contribution in [3.8, 4) is 6.07 Å². The van der Waals surface area contributed by atoms with Crippen molar-refractivity contribution in [1.29, 1.82) is 5.26 Å². The molecule has 0 aliphatic rings. The highest BCUT2D eigenvalue weighted by Crippen LogP contribution is 2.20. The van der Waals surface area contributed by atoms with Crippen molar-refractivity contribution in [2.24, 2.45) is 5.10 Å². The molecule has 0 aliphatic carbocycles. The number of hydrogen-bond acceptors (Lipinski definition) is 3. The summed E-state index contributed by atoms with van der Waals surface area (Å²) < 4.78 is 2.06. The van der Waals surface area contributed by atoms with Crippen LogP contribution in [0.3, 0.4) is 0 Å². The van der Waals surface area contributed by atoms with Crippen LogP contribution < -0.4 is 10.7 Å². The van der Waals surface area contributed by atoms with E-state index in [-0.39, 0.29) is 0 Å². The van der Waals surface area contributed by atoms with Crippen LogP contribution in [0, 0.1) is 11.3 Å². The zero-order valence-electron chi connectivity index (χ0n) is 12.1. The molecular formula is C16H17N5S. The minimum absolute atomic E-state index is 0.448. The summed E-state index contributed by atoms with van der Waals surface area (Å²) in [6.45, 7) is 4.86. The Hall–Kier alpha value is -2.65. The third-order valence-electron chi connectivity index (χ3n) is 3.06. The number of hydrazone groups is 1. The topological polar surface area (TPSA) is 65.1 Å². The van der Waals surface area contributed by atoms with Gasteiger partial charge in [0.25, 0.3) is 0 Å². The summed E-state index contributed by atoms with van der Waals surface area (Å²) in [5.41, 5.74) is 4.83. The van der Waals surface area contributed by atoms with Gasteiger partial charge < -0.3 is 9.88 Å². The van der Waals surface area contributed by atoms with Crippen LogP contribution in [0.2, 0.25) is 0 Å². The molecule has 0 radical (unpaired) electrons. The van der Waals surface area contributed by atoms with Gasteiger partial charge in [-0.2, -0.15) is 10.4 Å². The quantitative estimate of drug-likeness (QED) is 0.372. The Morgan fingerprint density at radius 3 is 3.05 bits per heavy atom. The standard InChI is InChI=1S/C16H17N5S/c1-2-9-18-16(22)20-19-11-13-12-21(10-5-8-17)15-7-4-3-6-14(13)15/h2-4,6-7,11-12H,1,5,9-10H2,(H2,18,20,22)/b19-11-. The second-order valence-electron chi connectivity index (χ2n) is 4.57. The first kappa shape index (κ1) is 15.7. The van der Waals surface area contributed by atoms with Crippen molar-refractivity contribution in [2.75, 3.05) is 6.54 Å². The Balaban J connectivity index is 2.15. The number of hydrogen-bond donors (Lipinski definition) is 2. The minimum atomic E-state index is 0.448. The summed E-state index contributed by atoms with van der Waals surface area (Å²) in [5, 5.41) is 17.4. The number of nitriles is 1. The van der Waals surface area contributed by atoms with Crippen molar-refractivity contribution in [3.05, 3.63) is 48.7 Å². The molecule has 22 heavy (non-hydrogen) atoms. The van der Waals surface area contributed by atoms with Gasteiger partial charge >= 0.3 is 0 Å². The molecule has 2 rings (SSSR count).